The predicted molar refractivity (Wildman–Crippen MR) is 125 cm³/mol. The third kappa shape index (κ3) is 7.36. The van der Waals surface area contributed by atoms with E-state index in [9.17, 15) is 0 Å². The lowest BCUT2D eigenvalue weighted by Gasteiger charge is -2.39. The summed E-state index contributed by atoms with van der Waals surface area (Å²) in [5, 5.41) is 8.08. The number of morpholine rings is 1. The number of thioether (sulfide) groups is 1. The highest BCUT2D eigenvalue weighted by Crippen LogP contribution is 2.28. The Morgan fingerprint density at radius 3 is 2.46 bits per heavy atom. The number of aliphatic imine (C=N–C) groups is 1. The SMILES string of the molecule is CCC(CC)C(CNC(=NC)NC1CCC(SC)C1)N1CCOCC1.I. The number of hydrogen-bond donors (Lipinski definition) is 2. The van der Waals surface area contributed by atoms with Crippen molar-refractivity contribution in [3.8, 4) is 0 Å². The molecule has 0 aromatic heterocycles. The molecular weight excluding hydrogens is 459 g/mol. The van der Waals surface area contributed by atoms with E-state index in [1.54, 1.807) is 0 Å². The number of ether oxygens (including phenoxy) is 1. The molecule has 2 N–H and O–H groups in total. The van der Waals surface area contributed by atoms with Crippen LogP contribution in [0.3, 0.4) is 0 Å². The molecule has 0 radical (unpaired) electrons. The molecule has 1 aliphatic carbocycles. The summed E-state index contributed by atoms with van der Waals surface area (Å²) >= 11 is 2.00. The van der Waals surface area contributed by atoms with Crippen molar-refractivity contribution in [3.63, 3.8) is 0 Å². The minimum absolute atomic E-state index is 0. The number of halogens is 1. The molecule has 3 unspecified atom stereocenters. The van der Waals surface area contributed by atoms with Crippen LogP contribution >= 0.6 is 35.7 Å². The summed E-state index contributed by atoms with van der Waals surface area (Å²) in [6, 6.07) is 1.12. The molecule has 0 amide bonds. The van der Waals surface area contributed by atoms with Gasteiger partial charge in [0.1, 0.15) is 0 Å². The van der Waals surface area contributed by atoms with Crippen molar-refractivity contribution in [1.29, 1.82) is 0 Å². The number of guanidine groups is 1. The van der Waals surface area contributed by atoms with Crippen molar-refractivity contribution >= 4 is 41.7 Å². The van der Waals surface area contributed by atoms with Crippen molar-refractivity contribution < 1.29 is 4.74 Å². The third-order valence-corrected chi connectivity index (χ3v) is 6.96. The number of hydrogen-bond acceptors (Lipinski definition) is 4. The van der Waals surface area contributed by atoms with Crippen molar-refractivity contribution in [2.24, 2.45) is 10.9 Å². The molecule has 0 bridgehead atoms. The molecule has 0 aromatic carbocycles. The van der Waals surface area contributed by atoms with Gasteiger partial charge in [-0.15, -0.1) is 24.0 Å². The second-order valence-electron chi connectivity index (χ2n) is 7.26. The number of rotatable bonds is 8. The highest BCUT2D eigenvalue weighted by atomic mass is 127. The molecule has 0 spiro atoms. The maximum Gasteiger partial charge on any atom is 0.191 e. The van der Waals surface area contributed by atoms with Gasteiger partial charge in [-0.3, -0.25) is 9.89 Å². The zero-order valence-electron chi connectivity index (χ0n) is 17.0. The van der Waals surface area contributed by atoms with Gasteiger partial charge in [0.25, 0.3) is 0 Å². The first kappa shape index (κ1) is 24.3. The fourth-order valence-corrected chi connectivity index (χ4v) is 5.01. The summed E-state index contributed by atoms with van der Waals surface area (Å²) < 4.78 is 5.55. The van der Waals surface area contributed by atoms with Crippen molar-refractivity contribution in [1.82, 2.24) is 15.5 Å². The molecule has 2 rings (SSSR count). The normalized spacial score (nSPS) is 25.8. The lowest BCUT2D eigenvalue weighted by Crippen LogP contribution is -2.54. The zero-order valence-corrected chi connectivity index (χ0v) is 20.1. The lowest BCUT2D eigenvalue weighted by atomic mass is 9.92. The zero-order chi connectivity index (χ0) is 18.1. The first-order valence-corrected chi connectivity index (χ1v) is 11.3. The summed E-state index contributed by atoms with van der Waals surface area (Å²) in [7, 11) is 1.89. The van der Waals surface area contributed by atoms with Crippen LogP contribution < -0.4 is 10.6 Å². The average Bonchev–Trinajstić information content (AvgIpc) is 3.12. The standard InChI is InChI=1S/C19H38N4OS.HI/c1-5-15(6-2)18(23-9-11-24-12-10-23)14-21-19(20-3)22-16-7-8-17(13-16)25-4;/h15-18H,5-14H2,1-4H3,(H2,20,21,22);1H. The van der Waals surface area contributed by atoms with E-state index in [4.69, 9.17) is 4.74 Å². The van der Waals surface area contributed by atoms with E-state index >= 15 is 0 Å². The first-order valence-electron chi connectivity index (χ1n) is 10.0. The molecule has 1 aliphatic heterocycles. The fraction of sp³-hybridized carbons (Fsp3) is 0.947. The average molecular weight is 499 g/mol. The number of nitrogens with zero attached hydrogens (tertiary/aromatic N) is 2. The highest BCUT2D eigenvalue weighted by Gasteiger charge is 2.28. The molecule has 2 fully saturated rings. The molecular formula is C19H39IN4OS. The third-order valence-electron chi connectivity index (χ3n) is 5.87. The minimum Gasteiger partial charge on any atom is -0.379 e. The van der Waals surface area contributed by atoms with Crippen LogP contribution in [0.4, 0.5) is 0 Å². The second kappa shape index (κ2) is 13.4. The van der Waals surface area contributed by atoms with Gasteiger partial charge in [0.15, 0.2) is 5.96 Å². The fourth-order valence-electron chi connectivity index (χ4n) is 4.21. The summed E-state index contributed by atoms with van der Waals surface area (Å²) in [5.41, 5.74) is 0. The van der Waals surface area contributed by atoms with Crippen LogP contribution in [0, 0.1) is 5.92 Å². The van der Waals surface area contributed by atoms with E-state index in [1.165, 1.54) is 32.1 Å². The summed E-state index contributed by atoms with van der Waals surface area (Å²) in [5.74, 6) is 1.69. The van der Waals surface area contributed by atoms with Gasteiger partial charge in [-0.25, -0.2) is 0 Å². The maximum absolute atomic E-state index is 5.55. The first-order chi connectivity index (χ1) is 12.2. The van der Waals surface area contributed by atoms with E-state index in [0.29, 0.717) is 12.1 Å². The molecule has 1 saturated heterocycles. The van der Waals surface area contributed by atoms with Gasteiger partial charge in [0.2, 0.25) is 0 Å². The monoisotopic (exact) mass is 498 g/mol. The number of nitrogens with one attached hydrogen (secondary N) is 2. The van der Waals surface area contributed by atoms with Crippen molar-refractivity contribution in [2.75, 3.05) is 46.2 Å². The molecule has 154 valence electrons. The Labute approximate surface area is 181 Å². The van der Waals surface area contributed by atoms with Crippen LogP contribution in [0.25, 0.3) is 0 Å². The van der Waals surface area contributed by atoms with Crippen LogP contribution in [-0.2, 0) is 4.74 Å². The van der Waals surface area contributed by atoms with Gasteiger partial charge in [-0.05, 0) is 31.4 Å². The Morgan fingerprint density at radius 2 is 1.92 bits per heavy atom. The highest BCUT2D eigenvalue weighted by molar-refractivity contribution is 14.0. The van der Waals surface area contributed by atoms with Crippen molar-refractivity contribution in [3.05, 3.63) is 0 Å². The predicted octanol–water partition coefficient (Wildman–Crippen LogP) is 3.19. The van der Waals surface area contributed by atoms with Gasteiger partial charge < -0.3 is 15.4 Å². The van der Waals surface area contributed by atoms with Gasteiger partial charge >= 0.3 is 0 Å². The van der Waals surface area contributed by atoms with E-state index in [1.807, 2.05) is 18.8 Å². The Hall–Kier alpha value is 0.270. The van der Waals surface area contributed by atoms with Crippen LogP contribution in [0.2, 0.25) is 0 Å². The Morgan fingerprint density at radius 1 is 1.23 bits per heavy atom. The molecule has 7 heteroatoms. The summed E-state index contributed by atoms with van der Waals surface area (Å²) in [6.45, 7) is 9.42. The maximum atomic E-state index is 5.55. The summed E-state index contributed by atoms with van der Waals surface area (Å²) in [4.78, 5) is 7.09. The van der Waals surface area contributed by atoms with Gasteiger partial charge in [-0.1, -0.05) is 26.7 Å². The lowest BCUT2D eigenvalue weighted by molar-refractivity contribution is 0.00271. The van der Waals surface area contributed by atoms with Crippen LogP contribution in [0.1, 0.15) is 46.0 Å². The van der Waals surface area contributed by atoms with E-state index in [0.717, 1.165) is 50.0 Å². The van der Waals surface area contributed by atoms with Gasteiger partial charge in [0, 0.05) is 44.0 Å². The topological polar surface area (TPSA) is 48.9 Å². The summed E-state index contributed by atoms with van der Waals surface area (Å²) in [6.07, 6.45) is 8.50. The largest absolute Gasteiger partial charge is 0.379 e. The van der Waals surface area contributed by atoms with Crippen molar-refractivity contribution in [2.45, 2.75) is 63.3 Å². The van der Waals surface area contributed by atoms with Gasteiger partial charge in [0.05, 0.1) is 13.2 Å². The Balaban J connectivity index is 0.00000338. The van der Waals surface area contributed by atoms with E-state index in [2.05, 4.69) is 40.6 Å². The molecule has 26 heavy (non-hydrogen) atoms. The molecule has 2 aliphatic rings. The Kier molecular flexibility index (Phi) is 12.6. The smallest absolute Gasteiger partial charge is 0.191 e. The van der Waals surface area contributed by atoms with Gasteiger partial charge in [-0.2, -0.15) is 11.8 Å². The Bertz CT molecular complexity index is 403. The quantitative estimate of drug-likeness (QED) is 0.306. The molecule has 3 atom stereocenters. The van der Waals surface area contributed by atoms with Crippen LogP contribution in [0.5, 0.6) is 0 Å². The van der Waals surface area contributed by atoms with Crippen LogP contribution in [0.15, 0.2) is 4.99 Å². The molecule has 0 aromatic rings. The second-order valence-corrected chi connectivity index (χ2v) is 8.40. The van der Waals surface area contributed by atoms with E-state index < -0.39 is 0 Å². The molecule has 1 saturated carbocycles. The molecule has 5 nitrogen and oxygen atoms in total. The minimum atomic E-state index is 0. The van der Waals surface area contributed by atoms with E-state index in [-0.39, 0.29) is 24.0 Å². The van der Waals surface area contributed by atoms with Crippen LogP contribution in [-0.4, -0.2) is 74.3 Å². The molecule has 1 heterocycles.